The summed E-state index contributed by atoms with van der Waals surface area (Å²) in [4.78, 5) is 69.5. The van der Waals surface area contributed by atoms with Crippen molar-refractivity contribution in [2.24, 2.45) is 29.6 Å². The van der Waals surface area contributed by atoms with Crippen LogP contribution in [0.4, 0.5) is 17.1 Å². The van der Waals surface area contributed by atoms with Gasteiger partial charge in [0.05, 0.1) is 27.5 Å². The Morgan fingerprint density at radius 1 is 0.920 bits per heavy atom. The summed E-state index contributed by atoms with van der Waals surface area (Å²) < 4.78 is 6.21. The van der Waals surface area contributed by atoms with Crippen molar-refractivity contribution in [3.63, 3.8) is 0 Å². The third-order valence-corrected chi connectivity index (χ3v) is 13.3. The minimum absolute atomic E-state index is 0.0400. The van der Waals surface area contributed by atoms with Gasteiger partial charge in [-0.3, -0.25) is 34.2 Å². The van der Waals surface area contributed by atoms with Gasteiger partial charge in [-0.25, -0.2) is 0 Å². The maximum absolute atomic E-state index is 14.1. The summed E-state index contributed by atoms with van der Waals surface area (Å²) in [5.74, 6) is -2.01. The number of nitrogens with one attached hydrogen (secondary N) is 2. The molecule has 2 aliphatic heterocycles. The number of nitrogens with zero attached hydrogens (tertiary/aromatic N) is 2. The standard InChI is InChI=1S/C37H28N4O7S2/c42-27(38-20-10-9-18-5-1-2-6-19(18)15-20)17-48-26-8-4-3-7-23(26)28-29-24-16-25(32(29)49-34-33(28)50-37(45)39-34)31-30(24)35(43)40(36(31)44)21-11-13-22(14-12-21)41(46)47/h1-15,24-25,28-32H,16-17H2,(H,38,42)(H,39,45)/t24-,25-,28-,29?,30?,31?,32?/m1/s1. The Bertz CT molecular complexity index is 2300. The zero-order valence-corrected chi connectivity index (χ0v) is 27.8. The normalized spacial score (nSPS) is 26.1. The van der Waals surface area contributed by atoms with Gasteiger partial charge in [0.1, 0.15) is 5.75 Å². The highest BCUT2D eigenvalue weighted by Gasteiger charge is 2.69. The number of H-pyrrole nitrogens is 1. The molecule has 13 heteroatoms. The number of nitro groups is 1. The number of hydrogen-bond donors (Lipinski definition) is 2. The van der Waals surface area contributed by atoms with Gasteiger partial charge in [0.2, 0.25) is 11.8 Å². The van der Waals surface area contributed by atoms with Crippen LogP contribution in [-0.4, -0.2) is 39.5 Å². The minimum Gasteiger partial charge on any atom is -0.483 e. The fourth-order valence-corrected chi connectivity index (χ4v) is 11.7. The van der Waals surface area contributed by atoms with Crippen LogP contribution in [0, 0.1) is 39.7 Å². The third kappa shape index (κ3) is 4.78. The molecule has 4 unspecified atom stereocenters. The Hall–Kier alpha value is -5.27. The first-order chi connectivity index (χ1) is 24.3. The molecule has 2 N–H and O–H groups in total. The predicted molar refractivity (Wildman–Crippen MR) is 189 cm³/mol. The molecule has 0 radical (unpaired) electrons. The molecule has 4 aromatic carbocycles. The number of anilines is 2. The van der Waals surface area contributed by atoms with Gasteiger partial charge >= 0.3 is 4.87 Å². The first kappa shape index (κ1) is 30.8. The number of aromatic amines is 1. The van der Waals surface area contributed by atoms with E-state index in [0.717, 1.165) is 37.6 Å². The van der Waals surface area contributed by atoms with Gasteiger partial charge in [0.25, 0.3) is 11.6 Å². The lowest BCUT2D eigenvalue weighted by Gasteiger charge is -2.43. The molecule has 5 aromatic rings. The summed E-state index contributed by atoms with van der Waals surface area (Å²) in [6, 6.07) is 26.6. The van der Waals surface area contributed by atoms with Crippen molar-refractivity contribution in [1.29, 1.82) is 0 Å². The second-order valence-corrected chi connectivity index (χ2v) is 15.4. The lowest BCUT2D eigenvalue weighted by atomic mass is 9.68. The van der Waals surface area contributed by atoms with E-state index in [9.17, 15) is 29.3 Å². The van der Waals surface area contributed by atoms with Crippen molar-refractivity contribution in [3.05, 3.63) is 121 Å². The second kappa shape index (κ2) is 11.7. The average molecular weight is 705 g/mol. The summed E-state index contributed by atoms with van der Waals surface area (Å²) in [5.41, 5.74) is 1.70. The third-order valence-electron chi connectivity index (χ3n) is 10.7. The number of ether oxygens (including phenoxy) is 1. The van der Waals surface area contributed by atoms with Crippen LogP contribution in [0.25, 0.3) is 10.8 Å². The number of benzene rings is 4. The number of rotatable bonds is 7. The summed E-state index contributed by atoms with van der Waals surface area (Å²) in [7, 11) is 0. The zero-order valence-electron chi connectivity index (χ0n) is 26.2. The highest BCUT2D eigenvalue weighted by atomic mass is 32.2. The Kier molecular flexibility index (Phi) is 7.18. The SMILES string of the molecule is O=C(COc1ccccc1[C@H]1c2sc(=O)[nH]c2SC2C1[C@H]1C[C@@H]2C2C(=O)N(c3ccc([N+](=O)[O-])cc3)C(=O)C21)Nc1ccc2ccccc2c1. The van der Waals surface area contributed by atoms with Crippen molar-refractivity contribution in [2.75, 3.05) is 16.8 Å². The number of nitro benzene ring substituents is 1. The van der Waals surface area contributed by atoms with E-state index in [4.69, 9.17) is 4.74 Å². The quantitative estimate of drug-likeness (QED) is 0.116. The van der Waals surface area contributed by atoms with Crippen molar-refractivity contribution in [3.8, 4) is 5.75 Å². The van der Waals surface area contributed by atoms with E-state index in [1.54, 1.807) is 11.8 Å². The van der Waals surface area contributed by atoms with Gasteiger partial charge in [-0.15, -0.1) is 11.8 Å². The number of amides is 3. The van der Waals surface area contributed by atoms with Gasteiger partial charge < -0.3 is 15.0 Å². The van der Waals surface area contributed by atoms with Gasteiger partial charge in [0, 0.05) is 39.4 Å². The number of carbonyl (C=O) groups excluding carboxylic acids is 3. The summed E-state index contributed by atoms with van der Waals surface area (Å²) in [6.07, 6.45) is 0.704. The second-order valence-electron chi connectivity index (χ2n) is 13.2. The van der Waals surface area contributed by atoms with Crippen LogP contribution in [0.15, 0.2) is 101 Å². The first-order valence-electron chi connectivity index (χ1n) is 16.3. The largest absolute Gasteiger partial charge is 0.483 e. The number of thiazole rings is 1. The van der Waals surface area contributed by atoms with E-state index < -0.39 is 16.8 Å². The smallest absolute Gasteiger partial charge is 0.305 e. The van der Waals surface area contributed by atoms with Gasteiger partial charge in [-0.05, 0) is 65.3 Å². The number of carbonyl (C=O) groups is 3. The number of non-ortho nitro benzene ring substituents is 1. The average Bonchev–Trinajstić information content (AvgIpc) is 3.86. The lowest BCUT2D eigenvalue weighted by molar-refractivity contribution is -0.384. The number of aromatic nitrogens is 1. The Morgan fingerprint density at radius 2 is 1.64 bits per heavy atom. The van der Waals surface area contributed by atoms with E-state index in [-0.39, 0.29) is 63.8 Å². The molecule has 2 bridgehead atoms. The maximum Gasteiger partial charge on any atom is 0.305 e. The molecule has 3 fully saturated rings. The highest BCUT2D eigenvalue weighted by molar-refractivity contribution is 8.00. The molecule has 2 aliphatic carbocycles. The van der Waals surface area contributed by atoms with Crippen LogP contribution >= 0.6 is 23.1 Å². The molecule has 11 nitrogen and oxygen atoms in total. The molecule has 250 valence electrons. The fourth-order valence-electron chi connectivity index (χ4n) is 8.82. The predicted octanol–water partition coefficient (Wildman–Crippen LogP) is 6.19. The first-order valence-corrected chi connectivity index (χ1v) is 18.0. The van der Waals surface area contributed by atoms with Crippen molar-refractivity contribution in [1.82, 2.24) is 4.98 Å². The Balaban J connectivity index is 1.01. The minimum atomic E-state index is -0.537. The van der Waals surface area contributed by atoms with E-state index in [1.807, 2.05) is 66.7 Å². The Morgan fingerprint density at radius 3 is 2.42 bits per heavy atom. The molecule has 50 heavy (non-hydrogen) atoms. The molecule has 1 saturated heterocycles. The molecular weight excluding hydrogens is 677 g/mol. The van der Waals surface area contributed by atoms with Crippen LogP contribution in [0.5, 0.6) is 5.75 Å². The van der Waals surface area contributed by atoms with Crippen LogP contribution in [0.3, 0.4) is 0 Å². The molecule has 7 atom stereocenters. The lowest BCUT2D eigenvalue weighted by Crippen LogP contribution is -2.42. The summed E-state index contributed by atoms with van der Waals surface area (Å²) >= 11 is 2.73. The maximum atomic E-state index is 14.1. The van der Waals surface area contributed by atoms with Crippen LogP contribution in [-0.2, 0) is 14.4 Å². The van der Waals surface area contributed by atoms with E-state index in [2.05, 4.69) is 10.3 Å². The zero-order chi connectivity index (χ0) is 34.3. The van der Waals surface area contributed by atoms with Gasteiger partial charge in [-0.1, -0.05) is 59.9 Å². The van der Waals surface area contributed by atoms with E-state index in [0.29, 0.717) is 23.5 Å². The van der Waals surface area contributed by atoms with E-state index in [1.165, 1.54) is 29.2 Å². The fraction of sp³-hybridized carbons (Fsp3) is 0.243. The highest BCUT2D eigenvalue weighted by Crippen LogP contribution is 2.69. The molecule has 9 rings (SSSR count). The molecule has 1 aromatic heterocycles. The van der Waals surface area contributed by atoms with E-state index >= 15 is 0 Å². The van der Waals surface area contributed by atoms with Crippen molar-refractivity contribution >= 4 is 68.7 Å². The molecular formula is C37H28N4O7S2. The Labute approximate surface area is 292 Å². The molecule has 3 heterocycles. The number of imide groups is 1. The van der Waals surface area contributed by atoms with Gasteiger partial charge in [0.15, 0.2) is 6.61 Å². The number of para-hydroxylation sites is 1. The summed E-state index contributed by atoms with van der Waals surface area (Å²) in [5, 5.41) is 16.9. The van der Waals surface area contributed by atoms with Crippen LogP contribution < -0.4 is 19.8 Å². The topological polar surface area (TPSA) is 152 Å². The molecule has 4 aliphatic rings. The number of hydrogen-bond acceptors (Lipinski definition) is 9. The molecule has 0 spiro atoms. The van der Waals surface area contributed by atoms with Crippen molar-refractivity contribution < 1.29 is 24.0 Å². The van der Waals surface area contributed by atoms with Crippen LogP contribution in [0.2, 0.25) is 0 Å². The van der Waals surface area contributed by atoms with Crippen molar-refractivity contribution in [2.45, 2.75) is 22.6 Å². The monoisotopic (exact) mass is 704 g/mol. The number of thioether (sulfide) groups is 1. The molecule has 3 amide bonds. The summed E-state index contributed by atoms with van der Waals surface area (Å²) in [6.45, 7) is -0.233. The van der Waals surface area contributed by atoms with Gasteiger partial charge in [-0.2, -0.15) is 0 Å². The number of fused-ring (bicyclic) bond motifs is 10. The van der Waals surface area contributed by atoms with Crippen LogP contribution in [0.1, 0.15) is 22.8 Å². The molecule has 2 saturated carbocycles.